The fourth-order valence-electron chi connectivity index (χ4n) is 2.57. The van der Waals surface area contributed by atoms with Gasteiger partial charge in [0, 0.05) is 6.20 Å². The molecule has 1 aromatic carbocycles. The second-order valence-corrected chi connectivity index (χ2v) is 5.14. The van der Waals surface area contributed by atoms with Crippen LogP contribution in [0.15, 0.2) is 53.7 Å². The van der Waals surface area contributed by atoms with Gasteiger partial charge in [-0.15, -0.1) is 0 Å². The highest BCUT2D eigenvalue weighted by atomic mass is 19.4. The van der Waals surface area contributed by atoms with Crippen molar-refractivity contribution in [2.24, 2.45) is 4.99 Å². The molecule has 0 aliphatic carbocycles. The zero-order valence-corrected chi connectivity index (χ0v) is 11.7. The summed E-state index contributed by atoms with van der Waals surface area (Å²) < 4.78 is 46.9. The van der Waals surface area contributed by atoms with Crippen molar-refractivity contribution in [3.63, 3.8) is 0 Å². The summed E-state index contributed by atoms with van der Waals surface area (Å²) in [5.41, 5.74) is -1.37. The van der Waals surface area contributed by atoms with Gasteiger partial charge in [0.25, 0.3) is 0 Å². The lowest BCUT2D eigenvalue weighted by atomic mass is 9.82. The minimum Gasteiger partial charge on any atom is -0.471 e. The van der Waals surface area contributed by atoms with Gasteiger partial charge in [-0.2, -0.15) is 13.2 Å². The minimum absolute atomic E-state index is 0.0370. The number of aromatic nitrogens is 1. The highest BCUT2D eigenvalue weighted by Crippen LogP contribution is 2.53. The summed E-state index contributed by atoms with van der Waals surface area (Å²) in [5, 5.41) is 0. The van der Waals surface area contributed by atoms with Crippen molar-refractivity contribution < 1.29 is 17.9 Å². The molecular formula is C16H13F3N2O. The summed E-state index contributed by atoms with van der Waals surface area (Å²) in [4.78, 5) is 7.69. The van der Waals surface area contributed by atoms with Crippen LogP contribution in [-0.2, 0) is 10.3 Å². The van der Waals surface area contributed by atoms with Crippen molar-refractivity contribution in [1.82, 2.24) is 4.98 Å². The van der Waals surface area contributed by atoms with Gasteiger partial charge in [0.2, 0.25) is 5.54 Å². The van der Waals surface area contributed by atoms with E-state index in [9.17, 15) is 13.2 Å². The first-order valence-corrected chi connectivity index (χ1v) is 6.69. The first-order valence-electron chi connectivity index (χ1n) is 6.69. The molecule has 3 rings (SSSR count). The van der Waals surface area contributed by atoms with E-state index in [1.54, 1.807) is 24.3 Å². The maximum absolute atomic E-state index is 13.9. The average molecular weight is 306 g/mol. The Morgan fingerprint density at radius 2 is 1.82 bits per heavy atom. The second kappa shape index (κ2) is 5.12. The van der Waals surface area contributed by atoms with Gasteiger partial charge in [-0.05, 0) is 24.6 Å². The minimum atomic E-state index is -4.61. The van der Waals surface area contributed by atoms with E-state index in [1.807, 2.05) is 6.92 Å². The van der Waals surface area contributed by atoms with Crippen molar-refractivity contribution >= 4 is 6.40 Å². The van der Waals surface area contributed by atoms with Crippen molar-refractivity contribution in [2.45, 2.75) is 24.7 Å². The van der Waals surface area contributed by atoms with E-state index in [0.717, 1.165) is 12.0 Å². The number of ether oxygens (including phenoxy) is 1. The summed E-state index contributed by atoms with van der Waals surface area (Å²) in [6.45, 7) is 1.81. The average Bonchev–Trinajstić information content (AvgIpc) is 2.94. The van der Waals surface area contributed by atoms with E-state index in [-0.39, 0.29) is 11.3 Å². The predicted molar refractivity (Wildman–Crippen MR) is 75.5 cm³/mol. The number of hydrogen-bond donors (Lipinski definition) is 0. The monoisotopic (exact) mass is 306 g/mol. The Bertz CT molecular complexity index is 683. The Morgan fingerprint density at radius 3 is 2.41 bits per heavy atom. The molecule has 0 N–H and O–H groups in total. The summed E-state index contributed by atoms with van der Waals surface area (Å²) in [6, 6.07) is 10.9. The number of benzene rings is 1. The third kappa shape index (κ3) is 2.15. The standard InChI is InChI=1S/C16H13F3N2O/c1-11-5-7-12(8-6-11)15(16(17,18)19)14(22-10-21-15)13-4-2-3-9-20-13/h2-10,14H,1H3/t14-,15-/m0/s1. The van der Waals surface area contributed by atoms with Crippen LogP contribution in [0.1, 0.15) is 22.9 Å². The summed E-state index contributed by atoms with van der Waals surface area (Å²) >= 11 is 0. The van der Waals surface area contributed by atoms with Crippen LogP contribution in [0.5, 0.6) is 0 Å². The number of halogens is 3. The molecule has 1 aliphatic rings. The van der Waals surface area contributed by atoms with E-state index < -0.39 is 17.8 Å². The number of rotatable bonds is 2. The molecule has 2 atom stereocenters. The zero-order valence-electron chi connectivity index (χ0n) is 11.7. The van der Waals surface area contributed by atoms with Crippen LogP contribution in [0.4, 0.5) is 13.2 Å². The third-order valence-corrected chi connectivity index (χ3v) is 3.71. The molecule has 0 unspecified atom stereocenters. The third-order valence-electron chi connectivity index (χ3n) is 3.71. The fraction of sp³-hybridized carbons (Fsp3) is 0.250. The van der Waals surface area contributed by atoms with Crippen LogP contribution in [0.25, 0.3) is 0 Å². The van der Waals surface area contributed by atoms with Crippen molar-refractivity contribution in [2.75, 3.05) is 0 Å². The van der Waals surface area contributed by atoms with Crippen LogP contribution >= 0.6 is 0 Å². The Kier molecular flexibility index (Phi) is 3.39. The highest BCUT2D eigenvalue weighted by Gasteiger charge is 2.65. The van der Waals surface area contributed by atoms with Gasteiger partial charge in [0.15, 0.2) is 12.5 Å². The molecule has 3 nitrogen and oxygen atoms in total. The summed E-state index contributed by atoms with van der Waals surface area (Å²) in [5.74, 6) is 0. The lowest BCUT2D eigenvalue weighted by Crippen LogP contribution is -2.44. The first-order chi connectivity index (χ1) is 10.4. The van der Waals surface area contributed by atoms with Crippen LogP contribution in [0, 0.1) is 6.92 Å². The van der Waals surface area contributed by atoms with E-state index >= 15 is 0 Å². The van der Waals surface area contributed by atoms with Crippen molar-refractivity contribution in [3.8, 4) is 0 Å². The number of aryl methyl sites for hydroxylation is 1. The number of hydrogen-bond acceptors (Lipinski definition) is 3. The van der Waals surface area contributed by atoms with Gasteiger partial charge in [-0.3, -0.25) is 4.98 Å². The SMILES string of the molecule is Cc1ccc([C@]2(C(F)(F)F)N=CO[C@H]2c2ccccn2)cc1. The molecule has 0 saturated carbocycles. The molecular weight excluding hydrogens is 293 g/mol. The Hall–Kier alpha value is -2.37. The highest BCUT2D eigenvalue weighted by molar-refractivity contribution is 5.55. The largest absolute Gasteiger partial charge is 0.471 e. The lowest BCUT2D eigenvalue weighted by Gasteiger charge is -2.33. The molecule has 114 valence electrons. The molecule has 22 heavy (non-hydrogen) atoms. The maximum Gasteiger partial charge on any atom is 0.422 e. The Labute approximate surface area is 125 Å². The molecule has 2 aromatic rings. The number of nitrogens with zero attached hydrogens (tertiary/aromatic N) is 2. The number of pyridine rings is 1. The smallest absolute Gasteiger partial charge is 0.422 e. The second-order valence-electron chi connectivity index (χ2n) is 5.14. The molecule has 0 bridgehead atoms. The Balaban J connectivity index is 2.18. The number of aliphatic imine (C=N–C) groups is 1. The quantitative estimate of drug-likeness (QED) is 0.842. The lowest BCUT2D eigenvalue weighted by molar-refractivity contribution is -0.207. The zero-order chi connectivity index (χ0) is 15.8. The molecule has 0 fully saturated rings. The number of alkyl halides is 3. The van der Waals surface area contributed by atoms with Gasteiger partial charge in [0.1, 0.15) is 0 Å². The molecule has 0 amide bonds. The normalized spacial score (nSPS) is 24.3. The van der Waals surface area contributed by atoms with Gasteiger partial charge in [0.05, 0.1) is 5.69 Å². The molecule has 1 aromatic heterocycles. The Morgan fingerprint density at radius 1 is 1.09 bits per heavy atom. The van der Waals surface area contributed by atoms with Gasteiger partial charge >= 0.3 is 6.18 Å². The summed E-state index contributed by atoms with van der Waals surface area (Å²) in [7, 11) is 0. The molecule has 1 aliphatic heterocycles. The van der Waals surface area contributed by atoms with Gasteiger partial charge < -0.3 is 4.74 Å². The van der Waals surface area contributed by atoms with Crippen LogP contribution < -0.4 is 0 Å². The maximum atomic E-state index is 13.9. The molecule has 6 heteroatoms. The summed E-state index contributed by atoms with van der Waals surface area (Å²) in [6.07, 6.45) is -3.64. The predicted octanol–water partition coefficient (Wildman–Crippen LogP) is 3.95. The molecule has 2 heterocycles. The van der Waals surface area contributed by atoms with Gasteiger partial charge in [-0.25, -0.2) is 4.99 Å². The van der Waals surface area contributed by atoms with Gasteiger partial charge in [-0.1, -0.05) is 35.9 Å². The topological polar surface area (TPSA) is 34.5 Å². The van der Waals surface area contributed by atoms with E-state index in [2.05, 4.69) is 9.98 Å². The fourth-order valence-corrected chi connectivity index (χ4v) is 2.57. The molecule has 0 saturated heterocycles. The van der Waals surface area contributed by atoms with E-state index in [4.69, 9.17) is 4.74 Å². The van der Waals surface area contributed by atoms with Crippen molar-refractivity contribution in [3.05, 3.63) is 65.5 Å². The van der Waals surface area contributed by atoms with E-state index in [0.29, 0.717) is 0 Å². The van der Waals surface area contributed by atoms with Crippen molar-refractivity contribution in [1.29, 1.82) is 0 Å². The van der Waals surface area contributed by atoms with Crippen LogP contribution in [0.2, 0.25) is 0 Å². The van der Waals surface area contributed by atoms with E-state index in [1.165, 1.54) is 24.4 Å². The molecule has 0 spiro atoms. The van der Waals surface area contributed by atoms with Crippen LogP contribution in [-0.4, -0.2) is 17.6 Å². The molecule has 0 radical (unpaired) electrons. The first kappa shape index (κ1) is 14.6. The van der Waals surface area contributed by atoms with Crippen LogP contribution in [0.3, 0.4) is 0 Å².